The predicted molar refractivity (Wildman–Crippen MR) is 89.6 cm³/mol. The van der Waals surface area contributed by atoms with Crippen LogP contribution < -0.4 is 0 Å². The summed E-state index contributed by atoms with van der Waals surface area (Å²) in [5.74, 6) is -0.262. The van der Waals surface area contributed by atoms with Crippen LogP contribution in [0.5, 0.6) is 0 Å². The maximum Gasteiger partial charge on any atom is 0.151 e. The van der Waals surface area contributed by atoms with Gasteiger partial charge in [-0.05, 0) is 52.9 Å². The molecule has 21 heavy (non-hydrogen) atoms. The molecule has 4 rings (SSSR count). The van der Waals surface area contributed by atoms with E-state index in [1.165, 1.54) is 6.07 Å². The minimum absolute atomic E-state index is 0.262. The topological polar surface area (TPSA) is 26.0 Å². The lowest BCUT2D eigenvalue weighted by atomic mass is 10.1. The summed E-state index contributed by atoms with van der Waals surface area (Å²) in [7, 11) is 0. The average Bonchev–Trinajstić information content (AvgIpc) is 2.91. The van der Waals surface area contributed by atoms with Gasteiger partial charge in [-0.3, -0.25) is 4.98 Å². The van der Waals surface area contributed by atoms with E-state index in [4.69, 9.17) is 4.42 Å². The number of para-hydroxylation sites is 1. The van der Waals surface area contributed by atoms with Gasteiger partial charge in [0, 0.05) is 22.5 Å². The van der Waals surface area contributed by atoms with Gasteiger partial charge in [0.2, 0.25) is 0 Å². The van der Waals surface area contributed by atoms with Crippen molar-refractivity contribution in [3.05, 3.63) is 64.1 Å². The molecule has 2 heterocycles. The van der Waals surface area contributed by atoms with Gasteiger partial charge in [-0.1, -0.05) is 18.2 Å². The molecule has 4 aromatic rings. The molecule has 0 atom stereocenters. The normalized spacial score (nSPS) is 11.3. The fourth-order valence-corrected chi connectivity index (χ4v) is 3.11. The lowest BCUT2D eigenvalue weighted by molar-refractivity contribution is 0.610. The number of furan rings is 1. The highest BCUT2D eigenvalue weighted by molar-refractivity contribution is 14.1. The standard InChI is InChI=1S/C17H9FINO/c18-13-8-7-11-10-4-3-5-12(14-6-1-2-9-20-14)16(10)21-17(11)15(13)19/h1-9H. The fourth-order valence-electron chi connectivity index (χ4n) is 2.53. The van der Waals surface area contributed by atoms with Crippen molar-refractivity contribution in [3.63, 3.8) is 0 Å². The van der Waals surface area contributed by atoms with E-state index in [0.29, 0.717) is 9.15 Å². The van der Waals surface area contributed by atoms with E-state index in [1.807, 2.05) is 59.0 Å². The van der Waals surface area contributed by atoms with E-state index in [-0.39, 0.29) is 5.82 Å². The van der Waals surface area contributed by atoms with Crippen LogP contribution >= 0.6 is 22.6 Å². The van der Waals surface area contributed by atoms with E-state index in [9.17, 15) is 4.39 Å². The molecule has 2 nitrogen and oxygen atoms in total. The van der Waals surface area contributed by atoms with Crippen molar-refractivity contribution >= 4 is 44.5 Å². The van der Waals surface area contributed by atoms with E-state index >= 15 is 0 Å². The molecule has 0 fully saturated rings. The molecular weight excluding hydrogens is 380 g/mol. The van der Waals surface area contributed by atoms with E-state index in [1.54, 1.807) is 12.3 Å². The Bertz CT molecular complexity index is 963. The number of benzene rings is 2. The summed E-state index contributed by atoms with van der Waals surface area (Å²) < 4.78 is 20.2. The van der Waals surface area contributed by atoms with Crippen molar-refractivity contribution in [3.8, 4) is 11.3 Å². The number of nitrogens with zero attached hydrogens (tertiary/aromatic N) is 1. The molecule has 102 valence electrons. The first-order chi connectivity index (χ1) is 10.3. The molecule has 0 spiro atoms. The molecule has 0 N–H and O–H groups in total. The van der Waals surface area contributed by atoms with Crippen molar-refractivity contribution in [1.82, 2.24) is 4.98 Å². The van der Waals surface area contributed by atoms with Crippen molar-refractivity contribution in [1.29, 1.82) is 0 Å². The molecule has 0 aliphatic rings. The van der Waals surface area contributed by atoms with Crippen LogP contribution in [0.25, 0.3) is 33.2 Å². The second-order valence-electron chi connectivity index (χ2n) is 4.74. The number of hydrogen-bond donors (Lipinski definition) is 0. The summed E-state index contributed by atoms with van der Waals surface area (Å²) in [5, 5.41) is 1.90. The summed E-state index contributed by atoms with van der Waals surface area (Å²) in [6.45, 7) is 0. The van der Waals surface area contributed by atoms with Crippen LogP contribution in [0, 0.1) is 9.39 Å². The number of fused-ring (bicyclic) bond motifs is 3. The average molecular weight is 389 g/mol. The molecule has 4 heteroatoms. The number of rotatable bonds is 1. The van der Waals surface area contributed by atoms with Gasteiger partial charge < -0.3 is 4.42 Å². The first-order valence-electron chi connectivity index (χ1n) is 6.46. The summed E-state index contributed by atoms with van der Waals surface area (Å²) in [4.78, 5) is 4.37. The minimum atomic E-state index is -0.262. The van der Waals surface area contributed by atoms with Crippen LogP contribution in [0.3, 0.4) is 0 Å². The van der Waals surface area contributed by atoms with Gasteiger partial charge in [-0.25, -0.2) is 4.39 Å². The molecule has 0 saturated carbocycles. The van der Waals surface area contributed by atoms with Gasteiger partial charge in [-0.15, -0.1) is 0 Å². The summed E-state index contributed by atoms with van der Waals surface area (Å²) in [6.07, 6.45) is 1.75. The van der Waals surface area contributed by atoms with Crippen LogP contribution in [0.4, 0.5) is 4.39 Å². The molecular formula is C17H9FINO. The Balaban J connectivity index is 2.13. The Hall–Kier alpha value is -1.95. The lowest BCUT2D eigenvalue weighted by Crippen LogP contribution is -1.81. The molecule has 0 bridgehead atoms. The summed E-state index contributed by atoms with van der Waals surface area (Å²) >= 11 is 1.98. The second kappa shape index (κ2) is 4.80. The quantitative estimate of drug-likeness (QED) is 0.408. The number of pyridine rings is 1. The maximum atomic E-state index is 13.7. The lowest BCUT2D eigenvalue weighted by Gasteiger charge is -2.00. The van der Waals surface area contributed by atoms with Gasteiger partial charge in [0.15, 0.2) is 5.58 Å². The molecule has 0 unspecified atom stereocenters. The highest BCUT2D eigenvalue weighted by Crippen LogP contribution is 2.37. The van der Waals surface area contributed by atoms with Crippen LogP contribution in [0.15, 0.2) is 59.1 Å². The third kappa shape index (κ3) is 1.93. The van der Waals surface area contributed by atoms with Gasteiger partial charge >= 0.3 is 0 Å². The van der Waals surface area contributed by atoms with Crippen LogP contribution in [0.1, 0.15) is 0 Å². The van der Waals surface area contributed by atoms with Gasteiger partial charge in [0.25, 0.3) is 0 Å². The van der Waals surface area contributed by atoms with Gasteiger partial charge in [0.05, 0.1) is 9.26 Å². The molecule has 0 aliphatic carbocycles. The zero-order valence-electron chi connectivity index (χ0n) is 10.8. The predicted octanol–water partition coefficient (Wildman–Crippen LogP) is 5.39. The Morgan fingerprint density at radius 1 is 0.905 bits per heavy atom. The molecule has 2 aromatic carbocycles. The maximum absolute atomic E-state index is 13.7. The van der Waals surface area contributed by atoms with Crippen molar-refractivity contribution in [2.24, 2.45) is 0 Å². The molecule has 0 radical (unpaired) electrons. The first kappa shape index (κ1) is 12.8. The summed E-state index contributed by atoms with van der Waals surface area (Å²) in [6, 6.07) is 14.9. The Morgan fingerprint density at radius 3 is 2.57 bits per heavy atom. The van der Waals surface area contributed by atoms with Crippen molar-refractivity contribution < 1.29 is 8.81 Å². The molecule has 0 amide bonds. The summed E-state index contributed by atoms with van der Waals surface area (Å²) in [5.41, 5.74) is 3.10. The largest absolute Gasteiger partial charge is 0.454 e. The van der Waals surface area contributed by atoms with Crippen LogP contribution in [-0.2, 0) is 0 Å². The van der Waals surface area contributed by atoms with Crippen LogP contribution in [0.2, 0.25) is 0 Å². The van der Waals surface area contributed by atoms with Crippen molar-refractivity contribution in [2.45, 2.75) is 0 Å². The zero-order valence-corrected chi connectivity index (χ0v) is 13.0. The zero-order chi connectivity index (χ0) is 14.4. The smallest absolute Gasteiger partial charge is 0.151 e. The van der Waals surface area contributed by atoms with Crippen LogP contribution in [-0.4, -0.2) is 4.98 Å². The van der Waals surface area contributed by atoms with Crippen molar-refractivity contribution in [2.75, 3.05) is 0 Å². The third-order valence-corrected chi connectivity index (χ3v) is 4.51. The SMILES string of the molecule is Fc1ccc2c(oc3c(-c4ccccn4)cccc32)c1I. The number of halogens is 2. The van der Waals surface area contributed by atoms with Gasteiger partial charge in [-0.2, -0.15) is 0 Å². The van der Waals surface area contributed by atoms with Gasteiger partial charge in [0.1, 0.15) is 11.4 Å². The highest BCUT2D eigenvalue weighted by atomic mass is 127. The fraction of sp³-hybridized carbons (Fsp3) is 0. The Kier molecular flexibility index (Phi) is 2.92. The monoisotopic (exact) mass is 389 g/mol. The molecule has 0 aliphatic heterocycles. The minimum Gasteiger partial charge on any atom is -0.454 e. The molecule has 0 saturated heterocycles. The number of hydrogen-bond acceptors (Lipinski definition) is 2. The Morgan fingerprint density at radius 2 is 1.76 bits per heavy atom. The highest BCUT2D eigenvalue weighted by Gasteiger charge is 2.16. The van der Waals surface area contributed by atoms with E-state index in [0.717, 1.165) is 27.6 Å². The molecule has 2 aromatic heterocycles. The number of aromatic nitrogens is 1. The second-order valence-corrected chi connectivity index (χ2v) is 5.82. The first-order valence-corrected chi connectivity index (χ1v) is 7.54. The van der Waals surface area contributed by atoms with E-state index < -0.39 is 0 Å². The van der Waals surface area contributed by atoms with E-state index in [2.05, 4.69) is 4.98 Å². The third-order valence-electron chi connectivity index (χ3n) is 3.50. The Labute approximate surface area is 133 Å².